The van der Waals surface area contributed by atoms with E-state index in [0.29, 0.717) is 26.2 Å². The molecule has 0 radical (unpaired) electrons. The van der Waals surface area contributed by atoms with Crippen molar-refractivity contribution in [3.63, 3.8) is 0 Å². The highest BCUT2D eigenvalue weighted by molar-refractivity contribution is 5.78. The Morgan fingerprint density at radius 3 is 2.62 bits per heavy atom. The number of hydrogen-bond donors (Lipinski definition) is 1. The Morgan fingerprint density at radius 2 is 1.96 bits per heavy atom. The highest BCUT2D eigenvalue weighted by Crippen LogP contribution is 2.10. The van der Waals surface area contributed by atoms with Crippen LogP contribution in [0.5, 0.6) is 0 Å². The zero-order valence-electron chi connectivity index (χ0n) is 14.6. The van der Waals surface area contributed by atoms with Crippen LogP contribution in [0.1, 0.15) is 17.7 Å². The lowest BCUT2D eigenvalue weighted by molar-refractivity contribution is -0.131. The molecule has 24 heavy (non-hydrogen) atoms. The molecule has 5 nitrogen and oxygen atoms in total. The van der Waals surface area contributed by atoms with Crippen LogP contribution >= 0.6 is 0 Å². The van der Waals surface area contributed by atoms with Gasteiger partial charge >= 0.3 is 0 Å². The molecular formula is C19H27N3O2. The van der Waals surface area contributed by atoms with Crippen molar-refractivity contribution in [3.8, 4) is 0 Å². The molecule has 0 fully saturated rings. The lowest BCUT2D eigenvalue weighted by Crippen LogP contribution is -2.38. The average molecular weight is 329 g/mol. The number of hydrogen-bond acceptors (Lipinski definition) is 3. The summed E-state index contributed by atoms with van der Waals surface area (Å²) in [5, 5.41) is 3.20. The fourth-order valence-corrected chi connectivity index (χ4v) is 2.54. The van der Waals surface area contributed by atoms with Gasteiger partial charge in [-0.2, -0.15) is 0 Å². The SMILES string of the molecule is COCCCNCC(=O)N(Cc1ccccc1)Cc1cccn1C. The third kappa shape index (κ3) is 5.83. The Hall–Kier alpha value is -2.11. The van der Waals surface area contributed by atoms with Crippen molar-refractivity contribution in [2.45, 2.75) is 19.5 Å². The number of amides is 1. The van der Waals surface area contributed by atoms with Crippen molar-refractivity contribution in [2.75, 3.05) is 26.8 Å². The van der Waals surface area contributed by atoms with Crippen LogP contribution < -0.4 is 5.32 Å². The van der Waals surface area contributed by atoms with Crippen molar-refractivity contribution in [1.29, 1.82) is 0 Å². The maximum Gasteiger partial charge on any atom is 0.237 e. The summed E-state index contributed by atoms with van der Waals surface area (Å²) in [5.41, 5.74) is 2.26. The fourth-order valence-electron chi connectivity index (χ4n) is 2.54. The highest BCUT2D eigenvalue weighted by Gasteiger charge is 2.15. The number of carbonyl (C=O) groups is 1. The molecule has 1 aromatic carbocycles. The average Bonchev–Trinajstić information content (AvgIpc) is 3.00. The van der Waals surface area contributed by atoms with Gasteiger partial charge in [0.25, 0.3) is 0 Å². The maximum atomic E-state index is 12.6. The minimum atomic E-state index is 0.109. The summed E-state index contributed by atoms with van der Waals surface area (Å²) < 4.78 is 7.07. The normalized spacial score (nSPS) is 10.8. The van der Waals surface area contributed by atoms with Gasteiger partial charge in [0.15, 0.2) is 0 Å². The molecule has 0 aliphatic rings. The van der Waals surface area contributed by atoms with Crippen LogP contribution in [0.2, 0.25) is 0 Å². The van der Waals surface area contributed by atoms with Gasteiger partial charge in [-0.05, 0) is 30.7 Å². The predicted molar refractivity (Wildman–Crippen MR) is 95.5 cm³/mol. The molecule has 2 rings (SSSR count). The third-order valence-corrected chi connectivity index (χ3v) is 3.95. The van der Waals surface area contributed by atoms with Crippen molar-refractivity contribution in [1.82, 2.24) is 14.8 Å². The third-order valence-electron chi connectivity index (χ3n) is 3.95. The quantitative estimate of drug-likeness (QED) is 0.680. The van der Waals surface area contributed by atoms with E-state index in [1.54, 1.807) is 7.11 Å². The van der Waals surface area contributed by atoms with E-state index >= 15 is 0 Å². The number of nitrogens with zero attached hydrogens (tertiary/aromatic N) is 2. The first kappa shape index (κ1) is 18.2. The van der Waals surface area contributed by atoms with Gasteiger partial charge < -0.3 is 19.5 Å². The topological polar surface area (TPSA) is 46.5 Å². The number of aryl methyl sites for hydroxylation is 1. The second kappa shape index (κ2) is 9.90. The first-order chi connectivity index (χ1) is 11.7. The first-order valence-electron chi connectivity index (χ1n) is 8.32. The molecule has 130 valence electrons. The molecule has 0 aliphatic heterocycles. The van der Waals surface area contributed by atoms with Gasteiger partial charge in [-0.25, -0.2) is 0 Å². The number of rotatable bonds is 10. The van der Waals surface area contributed by atoms with E-state index in [1.807, 2.05) is 42.4 Å². The minimum absolute atomic E-state index is 0.109. The molecular weight excluding hydrogens is 302 g/mol. The number of ether oxygens (including phenoxy) is 1. The Morgan fingerprint density at radius 1 is 1.17 bits per heavy atom. The van der Waals surface area contributed by atoms with Gasteiger partial charge in [0.05, 0.1) is 13.1 Å². The molecule has 0 spiro atoms. The number of nitrogens with one attached hydrogen (secondary N) is 1. The summed E-state index contributed by atoms with van der Waals surface area (Å²) in [4.78, 5) is 14.5. The smallest absolute Gasteiger partial charge is 0.237 e. The van der Waals surface area contributed by atoms with E-state index in [4.69, 9.17) is 4.74 Å². The van der Waals surface area contributed by atoms with Gasteiger partial charge in [-0.1, -0.05) is 30.3 Å². The molecule has 1 aromatic heterocycles. The first-order valence-corrected chi connectivity index (χ1v) is 8.32. The van der Waals surface area contributed by atoms with Crippen molar-refractivity contribution in [3.05, 3.63) is 59.9 Å². The summed E-state index contributed by atoms with van der Waals surface area (Å²) >= 11 is 0. The van der Waals surface area contributed by atoms with Gasteiger partial charge in [-0.15, -0.1) is 0 Å². The maximum absolute atomic E-state index is 12.6. The number of carbonyl (C=O) groups excluding carboxylic acids is 1. The van der Waals surface area contributed by atoms with Crippen LogP contribution in [0.4, 0.5) is 0 Å². The van der Waals surface area contributed by atoms with E-state index in [0.717, 1.165) is 24.2 Å². The van der Waals surface area contributed by atoms with E-state index in [-0.39, 0.29) is 5.91 Å². The second-order valence-electron chi connectivity index (χ2n) is 5.87. The number of benzene rings is 1. The van der Waals surface area contributed by atoms with Crippen LogP contribution in [0.15, 0.2) is 48.7 Å². The summed E-state index contributed by atoms with van der Waals surface area (Å²) in [6.45, 7) is 3.06. The van der Waals surface area contributed by atoms with Crippen molar-refractivity contribution in [2.24, 2.45) is 7.05 Å². The van der Waals surface area contributed by atoms with Crippen LogP contribution in [0.25, 0.3) is 0 Å². The van der Waals surface area contributed by atoms with Crippen LogP contribution in [-0.2, 0) is 29.7 Å². The molecule has 0 saturated heterocycles. The molecule has 0 atom stereocenters. The zero-order valence-corrected chi connectivity index (χ0v) is 14.6. The molecule has 1 N–H and O–H groups in total. The van der Waals surface area contributed by atoms with Crippen molar-refractivity contribution < 1.29 is 9.53 Å². The molecule has 2 aromatic rings. The monoisotopic (exact) mass is 329 g/mol. The predicted octanol–water partition coefficient (Wildman–Crippen LogP) is 2.18. The zero-order chi connectivity index (χ0) is 17.2. The molecule has 0 aliphatic carbocycles. The molecule has 5 heteroatoms. The lowest BCUT2D eigenvalue weighted by Gasteiger charge is -2.23. The van der Waals surface area contributed by atoms with Crippen LogP contribution in [-0.4, -0.2) is 42.2 Å². The summed E-state index contributed by atoms with van der Waals surface area (Å²) in [7, 11) is 3.69. The van der Waals surface area contributed by atoms with Crippen LogP contribution in [0, 0.1) is 0 Å². The summed E-state index contributed by atoms with van der Waals surface area (Å²) in [6, 6.07) is 14.2. The van der Waals surface area contributed by atoms with E-state index in [1.165, 1.54) is 0 Å². The van der Waals surface area contributed by atoms with Crippen LogP contribution in [0.3, 0.4) is 0 Å². The molecule has 0 bridgehead atoms. The van der Waals surface area contributed by atoms with Gasteiger partial charge in [0.2, 0.25) is 5.91 Å². The standard InChI is InChI=1S/C19H27N3O2/c1-21-12-6-10-18(21)16-22(15-17-8-4-3-5-9-17)19(23)14-20-11-7-13-24-2/h3-6,8-10,12,20H,7,11,13-16H2,1-2H3. The number of aromatic nitrogens is 1. The highest BCUT2D eigenvalue weighted by atomic mass is 16.5. The molecule has 0 unspecified atom stereocenters. The van der Waals surface area contributed by atoms with E-state index in [2.05, 4.69) is 28.1 Å². The lowest BCUT2D eigenvalue weighted by atomic mass is 10.2. The Bertz CT molecular complexity index is 610. The van der Waals surface area contributed by atoms with E-state index in [9.17, 15) is 4.79 Å². The van der Waals surface area contributed by atoms with Gasteiger partial charge in [0.1, 0.15) is 0 Å². The molecule has 1 heterocycles. The molecule has 1 amide bonds. The Labute approximate surface area is 144 Å². The number of methoxy groups -OCH3 is 1. The molecule has 0 saturated carbocycles. The summed E-state index contributed by atoms with van der Waals surface area (Å²) in [5.74, 6) is 0.109. The summed E-state index contributed by atoms with van der Waals surface area (Å²) in [6.07, 6.45) is 2.91. The Balaban J connectivity index is 1.96. The van der Waals surface area contributed by atoms with E-state index < -0.39 is 0 Å². The largest absolute Gasteiger partial charge is 0.385 e. The van der Waals surface area contributed by atoms with Gasteiger partial charge in [-0.3, -0.25) is 4.79 Å². The second-order valence-corrected chi connectivity index (χ2v) is 5.87. The fraction of sp³-hybridized carbons (Fsp3) is 0.421. The Kier molecular flexibility index (Phi) is 7.52. The van der Waals surface area contributed by atoms with Crippen molar-refractivity contribution >= 4 is 5.91 Å². The minimum Gasteiger partial charge on any atom is -0.385 e. The van der Waals surface area contributed by atoms with Gasteiger partial charge in [0, 0.05) is 39.2 Å².